The summed E-state index contributed by atoms with van der Waals surface area (Å²) in [6.45, 7) is 1.83. The van der Waals surface area contributed by atoms with E-state index < -0.39 is 0 Å². The maximum absolute atomic E-state index is 12.1. The van der Waals surface area contributed by atoms with Crippen LogP contribution in [0.5, 0.6) is 5.88 Å². The molecule has 1 saturated heterocycles. The van der Waals surface area contributed by atoms with Gasteiger partial charge in [0.15, 0.2) is 0 Å². The molecule has 2 aromatic heterocycles. The second kappa shape index (κ2) is 6.69. The van der Waals surface area contributed by atoms with Crippen LogP contribution >= 0.6 is 11.3 Å². The van der Waals surface area contributed by atoms with E-state index in [0.717, 1.165) is 11.3 Å². The minimum atomic E-state index is -0.127. The third-order valence-electron chi connectivity index (χ3n) is 3.18. The summed E-state index contributed by atoms with van der Waals surface area (Å²) in [4.78, 5) is 17.4. The van der Waals surface area contributed by atoms with Gasteiger partial charge in [-0.05, 0) is 17.5 Å². The molecule has 1 aliphatic heterocycles. The van der Waals surface area contributed by atoms with Crippen molar-refractivity contribution in [2.24, 2.45) is 0 Å². The second-order valence-corrected chi connectivity index (χ2v) is 5.78. The van der Waals surface area contributed by atoms with Crippen molar-refractivity contribution in [3.8, 4) is 5.88 Å². The highest BCUT2D eigenvalue weighted by Crippen LogP contribution is 2.16. The van der Waals surface area contributed by atoms with Crippen LogP contribution in [0.2, 0.25) is 0 Å². The Morgan fingerprint density at radius 1 is 1.52 bits per heavy atom. The number of aromatic nitrogens is 1. The van der Waals surface area contributed by atoms with Gasteiger partial charge >= 0.3 is 0 Å². The number of hydrogen-bond acceptors (Lipinski definition) is 5. The molecule has 3 rings (SSSR count). The van der Waals surface area contributed by atoms with Crippen molar-refractivity contribution in [3.63, 3.8) is 0 Å². The van der Waals surface area contributed by atoms with Crippen molar-refractivity contribution >= 4 is 17.2 Å². The van der Waals surface area contributed by atoms with Gasteiger partial charge in [-0.2, -0.15) is 0 Å². The molecule has 0 saturated carbocycles. The number of carbonyl (C=O) groups is 1. The van der Waals surface area contributed by atoms with Gasteiger partial charge in [0.2, 0.25) is 5.88 Å². The maximum Gasteiger partial charge on any atom is 0.251 e. The topological polar surface area (TPSA) is 60.5 Å². The van der Waals surface area contributed by atoms with Crippen molar-refractivity contribution in [3.05, 3.63) is 46.3 Å². The summed E-state index contributed by atoms with van der Waals surface area (Å²) in [6, 6.07) is 7.31. The van der Waals surface area contributed by atoms with Crippen LogP contribution in [0, 0.1) is 0 Å². The Morgan fingerprint density at radius 3 is 3.24 bits per heavy atom. The highest BCUT2D eigenvalue weighted by molar-refractivity contribution is 7.09. The Morgan fingerprint density at radius 2 is 2.48 bits per heavy atom. The predicted molar refractivity (Wildman–Crippen MR) is 79.6 cm³/mol. The Hall–Kier alpha value is -1.92. The highest BCUT2D eigenvalue weighted by Gasteiger charge is 2.18. The molecule has 1 N–H and O–H groups in total. The van der Waals surface area contributed by atoms with Crippen molar-refractivity contribution in [2.75, 3.05) is 13.2 Å². The van der Waals surface area contributed by atoms with Crippen molar-refractivity contribution < 1.29 is 14.3 Å². The number of rotatable bonds is 5. The summed E-state index contributed by atoms with van der Waals surface area (Å²) in [5.41, 5.74) is 0.551. The molecule has 3 heterocycles. The Balaban J connectivity index is 1.60. The van der Waals surface area contributed by atoms with Crippen molar-refractivity contribution in [1.82, 2.24) is 10.3 Å². The van der Waals surface area contributed by atoms with Crippen LogP contribution in [0.1, 0.15) is 21.7 Å². The van der Waals surface area contributed by atoms with Gasteiger partial charge < -0.3 is 14.8 Å². The van der Waals surface area contributed by atoms with Gasteiger partial charge in [-0.1, -0.05) is 6.07 Å². The lowest BCUT2D eigenvalue weighted by Crippen LogP contribution is -2.23. The average molecular weight is 304 g/mol. The molecule has 1 unspecified atom stereocenters. The summed E-state index contributed by atoms with van der Waals surface area (Å²) >= 11 is 1.62. The van der Waals surface area contributed by atoms with Crippen molar-refractivity contribution in [2.45, 2.75) is 19.1 Å². The fourth-order valence-corrected chi connectivity index (χ4v) is 2.72. The van der Waals surface area contributed by atoms with E-state index in [1.807, 2.05) is 17.5 Å². The van der Waals surface area contributed by atoms with E-state index in [2.05, 4.69) is 10.3 Å². The third-order valence-corrected chi connectivity index (χ3v) is 4.05. The van der Waals surface area contributed by atoms with Crippen LogP contribution in [-0.2, 0) is 11.3 Å². The fraction of sp³-hybridized carbons (Fsp3) is 0.333. The molecule has 0 spiro atoms. The largest absolute Gasteiger partial charge is 0.472 e. The molecule has 21 heavy (non-hydrogen) atoms. The average Bonchev–Trinajstić information content (AvgIpc) is 3.18. The van der Waals surface area contributed by atoms with Crippen LogP contribution in [0.4, 0.5) is 0 Å². The number of nitrogens with zero attached hydrogens (tertiary/aromatic N) is 1. The second-order valence-electron chi connectivity index (χ2n) is 4.75. The molecule has 0 radical (unpaired) electrons. The summed E-state index contributed by atoms with van der Waals surface area (Å²) in [6.07, 6.45) is 2.48. The van der Waals surface area contributed by atoms with E-state index in [1.54, 1.807) is 29.7 Å². The number of ether oxygens (including phenoxy) is 2. The molecule has 0 aromatic carbocycles. The van der Waals surface area contributed by atoms with Crippen LogP contribution in [-0.4, -0.2) is 30.2 Å². The van der Waals surface area contributed by atoms with Crippen LogP contribution in [0.25, 0.3) is 0 Å². The van der Waals surface area contributed by atoms with E-state index in [-0.39, 0.29) is 12.0 Å². The zero-order valence-electron chi connectivity index (χ0n) is 11.5. The summed E-state index contributed by atoms with van der Waals surface area (Å²) in [5, 5.41) is 4.88. The Kier molecular flexibility index (Phi) is 4.47. The number of carbonyl (C=O) groups excluding carboxylic acids is 1. The molecule has 110 valence electrons. The number of pyridine rings is 1. The monoisotopic (exact) mass is 304 g/mol. The normalized spacial score (nSPS) is 17.6. The molecule has 5 nitrogen and oxygen atoms in total. The predicted octanol–water partition coefficient (Wildman–Crippen LogP) is 2.24. The Bertz CT molecular complexity index is 595. The van der Waals surface area contributed by atoms with Crippen molar-refractivity contribution in [1.29, 1.82) is 0 Å². The first-order valence-electron chi connectivity index (χ1n) is 6.82. The lowest BCUT2D eigenvalue weighted by molar-refractivity contribution is 0.0949. The first kappa shape index (κ1) is 14.0. The zero-order chi connectivity index (χ0) is 14.5. The fourth-order valence-electron chi connectivity index (χ4n) is 2.07. The van der Waals surface area contributed by atoms with Gasteiger partial charge in [-0.3, -0.25) is 4.79 Å². The van der Waals surface area contributed by atoms with Gasteiger partial charge in [0, 0.05) is 29.1 Å². The molecular weight excluding hydrogens is 288 g/mol. The molecule has 0 aliphatic carbocycles. The van der Waals surface area contributed by atoms with Crippen LogP contribution in [0.15, 0.2) is 35.8 Å². The van der Waals surface area contributed by atoms with Gasteiger partial charge in [-0.15, -0.1) is 11.3 Å². The van der Waals surface area contributed by atoms with E-state index in [0.29, 0.717) is 31.2 Å². The maximum atomic E-state index is 12.1. The minimum absolute atomic E-state index is 0.0296. The molecule has 1 atom stereocenters. The molecule has 2 aromatic rings. The van der Waals surface area contributed by atoms with Crippen LogP contribution in [0.3, 0.4) is 0 Å². The first-order valence-corrected chi connectivity index (χ1v) is 7.70. The van der Waals surface area contributed by atoms with Crippen LogP contribution < -0.4 is 10.1 Å². The zero-order valence-corrected chi connectivity index (χ0v) is 12.3. The van der Waals surface area contributed by atoms with Gasteiger partial charge in [0.05, 0.1) is 19.8 Å². The molecule has 6 heteroatoms. The number of hydrogen-bond donors (Lipinski definition) is 1. The number of thiophene rings is 1. The quantitative estimate of drug-likeness (QED) is 0.920. The number of nitrogens with one attached hydrogen (secondary N) is 1. The summed E-state index contributed by atoms with van der Waals surface area (Å²) in [7, 11) is 0. The molecule has 0 bridgehead atoms. The lowest BCUT2D eigenvalue weighted by atomic mass is 10.2. The first-order chi connectivity index (χ1) is 10.3. The molecule has 1 fully saturated rings. The van der Waals surface area contributed by atoms with E-state index >= 15 is 0 Å². The molecular formula is C15H16N2O3S. The minimum Gasteiger partial charge on any atom is -0.472 e. The van der Waals surface area contributed by atoms with Gasteiger partial charge in [-0.25, -0.2) is 4.98 Å². The van der Waals surface area contributed by atoms with E-state index in [9.17, 15) is 4.79 Å². The number of amides is 1. The SMILES string of the molecule is O=C(NCc1cccs1)c1ccnc(OC2CCOC2)c1. The Labute approximate surface area is 126 Å². The summed E-state index contributed by atoms with van der Waals surface area (Å²) < 4.78 is 11.0. The smallest absolute Gasteiger partial charge is 0.251 e. The summed E-state index contributed by atoms with van der Waals surface area (Å²) in [5.74, 6) is 0.340. The van der Waals surface area contributed by atoms with Gasteiger partial charge in [0.25, 0.3) is 5.91 Å². The van der Waals surface area contributed by atoms with E-state index in [1.165, 1.54) is 0 Å². The van der Waals surface area contributed by atoms with Gasteiger partial charge in [0.1, 0.15) is 6.10 Å². The molecule has 1 aliphatic rings. The third kappa shape index (κ3) is 3.80. The lowest BCUT2D eigenvalue weighted by Gasteiger charge is -2.11. The highest BCUT2D eigenvalue weighted by atomic mass is 32.1. The standard InChI is InChI=1S/C15H16N2O3S/c18-15(17-9-13-2-1-7-21-13)11-3-5-16-14(8-11)20-12-4-6-19-10-12/h1-3,5,7-8,12H,4,6,9-10H2,(H,17,18). The van der Waals surface area contributed by atoms with E-state index in [4.69, 9.17) is 9.47 Å². The molecule has 1 amide bonds.